The number of alkyl halides is 1. The second-order valence-electron chi connectivity index (χ2n) is 4.42. The van der Waals surface area contributed by atoms with Crippen molar-refractivity contribution in [1.29, 1.82) is 0 Å². The minimum Gasteiger partial charge on any atom is -0.479 e. The number of halogens is 1. The summed E-state index contributed by atoms with van der Waals surface area (Å²) in [7, 11) is 0. The Labute approximate surface area is 103 Å². The van der Waals surface area contributed by atoms with E-state index in [0.29, 0.717) is 12.2 Å². The van der Waals surface area contributed by atoms with Gasteiger partial charge in [-0.05, 0) is 12.1 Å². The summed E-state index contributed by atoms with van der Waals surface area (Å²) in [6.07, 6.45) is 2.01. The van der Waals surface area contributed by atoms with Crippen molar-refractivity contribution in [3.63, 3.8) is 0 Å². The molecule has 18 heavy (non-hydrogen) atoms. The van der Waals surface area contributed by atoms with Crippen LogP contribution < -0.4 is 0 Å². The number of furan rings is 1. The minimum absolute atomic E-state index is 0.144. The summed E-state index contributed by atoms with van der Waals surface area (Å²) >= 11 is 0. The molecular weight excluding hydrogens is 241 g/mol. The van der Waals surface area contributed by atoms with Crippen LogP contribution in [0.2, 0.25) is 0 Å². The number of hydrogen-bond acceptors (Lipinski definition) is 3. The number of hydrogen-bond donors (Lipinski definition) is 1. The molecule has 2 heterocycles. The van der Waals surface area contributed by atoms with Gasteiger partial charge in [-0.1, -0.05) is 0 Å². The molecule has 1 fully saturated rings. The molecule has 1 aromatic heterocycles. The highest BCUT2D eigenvalue weighted by atomic mass is 19.1. The van der Waals surface area contributed by atoms with E-state index >= 15 is 0 Å². The van der Waals surface area contributed by atoms with Crippen LogP contribution in [0.5, 0.6) is 0 Å². The molecule has 1 saturated heterocycles. The molecule has 98 valence electrons. The van der Waals surface area contributed by atoms with E-state index in [1.807, 2.05) is 0 Å². The smallest absolute Gasteiger partial charge is 0.343 e. The zero-order chi connectivity index (χ0) is 13.2. The summed E-state index contributed by atoms with van der Waals surface area (Å²) in [5.74, 6) is -1.05. The Morgan fingerprint density at radius 3 is 2.89 bits per heavy atom. The zero-order valence-corrected chi connectivity index (χ0v) is 9.76. The zero-order valence-electron chi connectivity index (χ0n) is 9.76. The molecule has 0 bridgehead atoms. The molecule has 1 amide bonds. The Bertz CT molecular complexity index is 445. The van der Waals surface area contributed by atoms with Crippen molar-refractivity contribution >= 4 is 11.9 Å². The number of amides is 1. The van der Waals surface area contributed by atoms with Crippen LogP contribution in [-0.4, -0.2) is 40.6 Å². The molecular formula is C12H14FNO4. The summed E-state index contributed by atoms with van der Waals surface area (Å²) < 4.78 is 18.8. The first kappa shape index (κ1) is 12.6. The summed E-state index contributed by atoms with van der Waals surface area (Å²) in [5, 5.41) is 8.72. The van der Waals surface area contributed by atoms with Gasteiger partial charge in [0.15, 0.2) is 0 Å². The number of rotatable bonds is 4. The van der Waals surface area contributed by atoms with Gasteiger partial charge in [-0.2, -0.15) is 0 Å². The first-order valence-corrected chi connectivity index (χ1v) is 5.74. The van der Waals surface area contributed by atoms with E-state index in [-0.39, 0.29) is 31.8 Å². The second kappa shape index (κ2) is 4.80. The van der Waals surface area contributed by atoms with E-state index in [9.17, 15) is 14.0 Å². The lowest BCUT2D eigenvalue weighted by Crippen LogP contribution is -2.38. The molecule has 0 saturated carbocycles. The topological polar surface area (TPSA) is 70.8 Å². The largest absolute Gasteiger partial charge is 0.479 e. The monoisotopic (exact) mass is 255 g/mol. The van der Waals surface area contributed by atoms with Crippen LogP contribution in [0.25, 0.3) is 0 Å². The number of carboxylic acid groups (broad SMARTS) is 1. The number of aliphatic carboxylic acids is 1. The van der Waals surface area contributed by atoms with E-state index in [1.165, 1.54) is 11.2 Å². The molecule has 2 rings (SSSR count). The maximum atomic E-state index is 13.7. The lowest BCUT2D eigenvalue weighted by molar-refractivity contribution is -0.150. The van der Waals surface area contributed by atoms with Gasteiger partial charge in [0.25, 0.3) is 0 Å². The third kappa shape index (κ3) is 2.52. The van der Waals surface area contributed by atoms with E-state index in [2.05, 4.69) is 0 Å². The fraction of sp³-hybridized carbons (Fsp3) is 0.500. The Balaban J connectivity index is 1.86. The van der Waals surface area contributed by atoms with Gasteiger partial charge in [0.05, 0.1) is 12.8 Å². The number of aryl methyl sites for hydroxylation is 1. The highest BCUT2D eigenvalue weighted by molar-refractivity contribution is 5.82. The van der Waals surface area contributed by atoms with E-state index in [0.717, 1.165) is 0 Å². The second-order valence-corrected chi connectivity index (χ2v) is 4.42. The van der Waals surface area contributed by atoms with Crippen LogP contribution in [-0.2, 0) is 16.0 Å². The fourth-order valence-electron chi connectivity index (χ4n) is 2.00. The minimum atomic E-state index is -2.29. The molecule has 1 N–H and O–H groups in total. The maximum Gasteiger partial charge on any atom is 0.343 e. The SMILES string of the molecule is O=C(CCc1ccco1)N1CCC(F)(C(=O)O)C1. The van der Waals surface area contributed by atoms with Crippen LogP contribution in [0.3, 0.4) is 0 Å². The molecule has 1 unspecified atom stereocenters. The van der Waals surface area contributed by atoms with Crippen LogP contribution in [0.4, 0.5) is 4.39 Å². The van der Waals surface area contributed by atoms with Crippen LogP contribution in [0, 0.1) is 0 Å². The quantitative estimate of drug-likeness (QED) is 0.878. The Kier molecular flexibility index (Phi) is 3.36. The van der Waals surface area contributed by atoms with Crippen molar-refractivity contribution in [3.8, 4) is 0 Å². The molecule has 0 aromatic carbocycles. The first-order chi connectivity index (χ1) is 8.51. The maximum absolute atomic E-state index is 13.7. The molecule has 0 spiro atoms. The molecule has 5 nitrogen and oxygen atoms in total. The van der Waals surface area contributed by atoms with Crippen molar-refractivity contribution in [2.75, 3.05) is 13.1 Å². The van der Waals surface area contributed by atoms with Crippen molar-refractivity contribution in [1.82, 2.24) is 4.90 Å². The summed E-state index contributed by atoms with van der Waals surface area (Å²) in [5.41, 5.74) is -2.29. The van der Waals surface area contributed by atoms with E-state index < -0.39 is 11.6 Å². The van der Waals surface area contributed by atoms with Gasteiger partial charge in [0.1, 0.15) is 5.76 Å². The summed E-state index contributed by atoms with van der Waals surface area (Å²) in [6, 6.07) is 3.49. The Morgan fingerprint density at radius 1 is 1.56 bits per heavy atom. The Morgan fingerprint density at radius 2 is 2.33 bits per heavy atom. The number of nitrogens with zero attached hydrogens (tertiary/aromatic N) is 1. The first-order valence-electron chi connectivity index (χ1n) is 5.74. The lowest BCUT2D eigenvalue weighted by atomic mass is 10.1. The third-order valence-electron chi connectivity index (χ3n) is 3.12. The normalized spacial score (nSPS) is 23.3. The van der Waals surface area contributed by atoms with Gasteiger partial charge in [0.2, 0.25) is 11.6 Å². The van der Waals surface area contributed by atoms with Crippen LogP contribution in [0.1, 0.15) is 18.6 Å². The van der Waals surface area contributed by atoms with Gasteiger partial charge < -0.3 is 14.4 Å². The van der Waals surface area contributed by atoms with Crippen molar-refractivity contribution in [3.05, 3.63) is 24.2 Å². The average Bonchev–Trinajstić information content (AvgIpc) is 2.95. The number of likely N-dealkylation sites (tertiary alicyclic amines) is 1. The molecule has 1 aliphatic rings. The molecule has 0 radical (unpaired) electrons. The number of carboxylic acids is 1. The van der Waals surface area contributed by atoms with Gasteiger partial charge in [0, 0.05) is 25.8 Å². The standard InChI is InChI=1S/C12H14FNO4/c13-12(11(16)17)5-6-14(8-12)10(15)4-3-9-2-1-7-18-9/h1-2,7H,3-6,8H2,(H,16,17). The van der Waals surface area contributed by atoms with Gasteiger partial charge >= 0.3 is 5.97 Å². The number of carbonyl (C=O) groups is 2. The highest BCUT2D eigenvalue weighted by Gasteiger charge is 2.46. The van der Waals surface area contributed by atoms with Crippen molar-refractivity contribution in [2.24, 2.45) is 0 Å². The van der Waals surface area contributed by atoms with Crippen molar-refractivity contribution in [2.45, 2.75) is 24.9 Å². The highest BCUT2D eigenvalue weighted by Crippen LogP contribution is 2.26. The van der Waals surface area contributed by atoms with Crippen LogP contribution in [0.15, 0.2) is 22.8 Å². The van der Waals surface area contributed by atoms with E-state index in [1.54, 1.807) is 12.1 Å². The molecule has 1 aliphatic heterocycles. The summed E-state index contributed by atoms with van der Waals surface area (Å²) in [6.45, 7) is -0.209. The molecule has 1 atom stereocenters. The van der Waals surface area contributed by atoms with Crippen LogP contribution >= 0.6 is 0 Å². The molecule has 0 aliphatic carbocycles. The van der Waals surface area contributed by atoms with Crippen molar-refractivity contribution < 1.29 is 23.5 Å². The summed E-state index contributed by atoms with van der Waals surface area (Å²) in [4.78, 5) is 23.7. The van der Waals surface area contributed by atoms with Gasteiger partial charge in [-0.15, -0.1) is 0 Å². The molecule has 6 heteroatoms. The third-order valence-corrected chi connectivity index (χ3v) is 3.12. The predicted molar refractivity (Wildman–Crippen MR) is 59.7 cm³/mol. The fourth-order valence-corrected chi connectivity index (χ4v) is 2.00. The predicted octanol–water partition coefficient (Wildman–Crippen LogP) is 1.24. The Hall–Kier alpha value is -1.85. The molecule has 1 aromatic rings. The lowest BCUT2D eigenvalue weighted by Gasteiger charge is -2.17. The van der Waals surface area contributed by atoms with Gasteiger partial charge in [-0.3, -0.25) is 4.79 Å². The number of carbonyl (C=O) groups excluding carboxylic acids is 1. The van der Waals surface area contributed by atoms with Gasteiger partial charge in [-0.25, -0.2) is 9.18 Å². The average molecular weight is 255 g/mol. The van der Waals surface area contributed by atoms with E-state index in [4.69, 9.17) is 9.52 Å².